The van der Waals surface area contributed by atoms with Crippen LogP contribution in [-0.2, 0) is 9.59 Å². The number of halogens is 5. The summed E-state index contributed by atoms with van der Waals surface area (Å²) in [7, 11) is 0. The van der Waals surface area contributed by atoms with Gasteiger partial charge in [-0.25, -0.2) is 9.79 Å². The average Bonchev–Trinajstić information content (AvgIpc) is 3.28. The van der Waals surface area contributed by atoms with E-state index in [1.54, 1.807) is 48.8 Å². The molecule has 2 aromatic heterocycles. The summed E-state index contributed by atoms with van der Waals surface area (Å²) in [4.78, 5) is 46.9. The van der Waals surface area contributed by atoms with Gasteiger partial charge in [-0.3, -0.25) is 19.6 Å². The van der Waals surface area contributed by atoms with E-state index in [9.17, 15) is 22.8 Å². The molecule has 4 N–H and O–H groups in total. The molecule has 2 aromatic carbocycles. The van der Waals surface area contributed by atoms with Crippen molar-refractivity contribution in [2.45, 2.75) is 6.18 Å². The van der Waals surface area contributed by atoms with E-state index in [1.165, 1.54) is 18.0 Å². The van der Waals surface area contributed by atoms with Gasteiger partial charge in [0.2, 0.25) is 0 Å². The Balaban J connectivity index is 0.000000517. The summed E-state index contributed by atoms with van der Waals surface area (Å²) in [6, 6.07) is 14.2. The fourth-order valence-corrected chi connectivity index (χ4v) is 4.96. The lowest BCUT2D eigenvalue weighted by Crippen LogP contribution is -2.21. The number of primary amides is 1. The molecule has 0 aliphatic carbocycles. The minimum atomic E-state index is -5.08. The minimum Gasteiger partial charge on any atom is -0.475 e. The Bertz CT molecular complexity index is 1760. The van der Waals surface area contributed by atoms with Crippen LogP contribution in [0, 0.1) is 0 Å². The Morgan fingerprint density at radius 2 is 1.71 bits per heavy atom. The number of amides is 2. The molecule has 2 amide bonds. The van der Waals surface area contributed by atoms with Crippen molar-refractivity contribution in [1.29, 1.82) is 0 Å². The molecule has 15 heteroatoms. The first-order chi connectivity index (χ1) is 19.8. The highest BCUT2D eigenvalue weighted by molar-refractivity contribution is 8.18. The smallest absolute Gasteiger partial charge is 0.475 e. The van der Waals surface area contributed by atoms with E-state index in [0.29, 0.717) is 42.4 Å². The number of pyridine rings is 2. The van der Waals surface area contributed by atoms with Crippen LogP contribution >= 0.6 is 35.0 Å². The number of para-hydroxylation sites is 1. The summed E-state index contributed by atoms with van der Waals surface area (Å²) in [5, 5.41) is 11.7. The third-order valence-electron chi connectivity index (χ3n) is 5.47. The summed E-state index contributed by atoms with van der Waals surface area (Å²) in [5.41, 5.74) is 9.19. The van der Waals surface area contributed by atoms with Crippen LogP contribution in [0.5, 0.6) is 0 Å². The number of aliphatic imine (C=N–C) groups is 1. The Morgan fingerprint density at radius 1 is 1.07 bits per heavy atom. The van der Waals surface area contributed by atoms with Crippen LogP contribution in [0.1, 0.15) is 15.9 Å². The molecule has 1 saturated heterocycles. The first-order valence-corrected chi connectivity index (χ1v) is 13.1. The zero-order chi connectivity index (χ0) is 30.6. The number of nitrogens with two attached hydrogens (primary N) is 1. The molecule has 42 heavy (non-hydrogen) atoms. The number of carbonyl (C=O) groups excluding carboxylic acids is 2. The number of carboxylic acids is 1. The molecule has 0 spiro atoms. The summed E-state index contributed by atoms with van der Waals surface area (Å²) in [5.74, 6) is -3.64. The van der Waals surface area contributed by atoms with Gasteiger partial charge in [-0.2, -0.15) is 13.2 Å². The van der Waals surface area contributed by atoms with E-state index >= 15 is 0 Å². The van der Waals surface area contributed by atoms with E-state index in [0.717, 1.165) is 16.5 Å². The quantitative estimate of drug-likeness (QED) is 0.226. The number of nitrogens with one attached hydrogen (secondary N) is 1. The van der Waals surface area contributed by atoms with Crippen molar-refractivity contribution in [1.82, 2.24) is 15.3 Å². The molecule has 5 rings (SSSR count). The van der Waals surface area contributed by atoms with Crippen LogP contribution in [0.2, 0.25) is 10.0 Å². The van der Waals surface area contributed by atoms with E-state index in [2.05, 4.69) is 20.3 Å². The summed E-state index contributed by atoms with van der Waals surface area (Å²) >= 11 is 13.6. The van der Waals surface area contributed by atoms with Crippen LogP contribution in [-0.4, -0.2) is 44.2 Å². The summed E-state index contributed by atoms with van der Waals surface area (Å²) < 4.78 is 31.7. The number of thioether (sulfide) groups is 1. The maximum atomic E-state index is 12.6. The molecule has 1 aliphatic heterocycles. The summed E-state index contributed by atoms with van der Waals surface area (Å²) in [6.45, 7) is 0. The van der Waals surface area contributed by atoms with Crippen LogP contribution in [0.3, 0.4) is 0 Å². The molecule has 0 bridgehead atoms. The topological polar surface area (TPSA) is 148 Å². The van der Waals surface area contributed by atoms with Gasteiger partial charge in [0.15, 0.2) is 5.17 Å². The highest BCUT2D eigenvalue weighted by Crippen LogP contribution is 2.36. The van der Waals surface area contributed by atoms with Crippen LogP contribution in [0.4, 0.5) is 18.9 Å². The van der Waals surface area contributed by atoms with Gasteiger partial charge < -0.3 is 16.2 Å². The molecule has 9 nitrogen and oxygen atoms in total. The molecule has 4 aromatic rings. The Labute approximate surface area is 249 Å². The Kier molecular flexibility index (Phi) is 9.14. The van der Waals surface area contributed by atoms with E-state index in [-0.39, 0.29) is 5.91 Å². The van der Waals surface area contributed by atoms with Gasteiger partial charge in [-0.1, -0.05) is 35.3 Å². The lowest BCUT2D eigenvalue weighted by Gasteiger charge is -2.11. The standard InChI is InChI=1S/C25H15Cl2N5O2S.C2HF3O2/c26-17-2-1-3-18(27)22(17)31-25-32-24(34)20(35-25)11-13-4-5-19-15(10-13)21(14-6-8-29-9-7-14)16(12-30-19)23(28)33;3-2(4,5)1(6)7/h1-12H,(H2,28,33)(H,31,32,34);(H,6,7). The van der Waals surface area contributed by atoms with Crippen molar-refractivity contribution in [2.24, 2.45) is 10.7 Å². The molecule has 1 aliphatic rings. The molecule has 0 unspecified atom stereocenters. The number of alkyl halides is 3. The number of rotatable bonds is 4. The fourth-order valence-electron chi connectivity index (χ4n) is 3.65. The van der Waals surface area contributed by atoms with Crippen molar-refractivity contribution >= 4 is 80.6 Å². The zero-order valence-electron chi connectivity index (χ0n) is 20.8. The molecule has 0 radical (unpaired) electrons. The van der Waals surface area contributed by atoms with Crippen molar-refractivity contribution < 1.29 is 32.7 Å². The predicted octanol–water partition coefficient (Wildman–Crippen LogP) is 6.23. The first kappa shape index (κ1) is 30.5. The molecule has 0 saturated carbocycles. The number of aromatic nitrogens is 2. The number of benzene rings is 2. The van der Waals surface area contributed by atoms with Gasteiger partial charge in [0, 0.05) is 29.5 Å². The highest BCUT2D eigenvalue weighted by Gasteiger charge is 2.38. The number of hydrogen-bond acceptors (Lipinski definition) is 7. The SMILES string of the molecule is NC(=O)c1cnc2ccc(C=C3SC(=Nc4c(Cl)cccc4Cl)NC3=O)cc2c1-c1ccncc1.O=C(O)C(F)(F)F. The van der Waals surface area contributed by atoms with Crippen LogP contribution in [0.15, 0.2) is 77.0 Å². The van der Waals surface area contributed by atoms with Gasteiger partial charge in [-0.15, -0.1) is 0 Å². The second kappa shape index (κ2) is 12.6. The third-order valence-corrected chi connectivity index (χ3v) is 6.99. The number of carboxylic acid groups (broad SMARTS) is 1. The molecule has 214 valence electrons. The molecule has 0 atom stereocenters. The van der Waals surface area contributed by atoms with Gasteiger partial charge in [-0.05, 0) is 65.4 Å². The molecular formula is C27H16Cl2F3N5O4S. The third kappa shape index (κ3) is 7.05. The Morgan fingerprint density at radius 3 is 2.31 bits per heavy atom. The monoisotopic (exact) mass is 633 g/mol. The normalized spacial score (nSPS) is 14.9. The van der Waals surface area contributed by atoms with Crippen molar-refractivity contribution in [2.75, 3.05) is 0 Å². The van der Waals surface area contributed by atoms with Crippen molar-refractivity contribution in [3.05, 3.63) is 93.2 Å². The second-order valence-electron chi connectivity index (χ2n) is 8.28. The fraction of sp³-hybridized carbons (Fsp3) is 0.0370. The lowest BCUT2D eigenvalue weighted by molar-refractivity contribution is -0.192. The molecular weight excluding hydrogens is 618 g/mol. The number of amidine groups is 1. The molecule has 3 heterocycles. The maximum Gasteiger partial charge on any atom is 0.490 e. The second-order valence-corrected chi connectivity index (χ2v) is 10.1. The van der Waals surface area contributed by atoms with Crippen molar-refractivity contribution in [3.63, 3.8) is 0 Å². The van der Waals surface area contributed by atoms with Gasteiger partial charge in [0.05, 0.1) is 26.0 Å². The number of hydrogen-bond donors (Lipinski definition) is 3. The van der Waals surface area contributed by atoms with E-state index < -0.39 is 18.1 Å². The predicted molar refractivity (Wildman–Crippen MR) is 154 cm³/mol. The minimum absolute atomic E-state index is 0.296. The van der Waals surface area contributed by atoms with Crippen LogP contribution in [0.25, 0.3) is 28.1 Å². The number of carbonyl (C=O) groups is 3. The van der Waals surface area contributed by atoms with E-state index in [4.69, 9.17) is 38.8 Å². The first-order valence-electron chi connectivity index (χ1n) is 11.5. The average molecular weight is 634 g/mol. The highest BCUT2D eigenvalue weighted by atomic mass is 35.5. The zero-order valence-corrected chi connectivity index (χ0v) is 23.1. The number of fused-ring (bicyclic) bond motifs is 1. The van der Waals surface area contributed by atoms with Crippen LogP contribution < -0.4 is 11.1 Å². The van der Waals surface area contributed by atoms with Crippen molar-refractivity contribution in [3.8, 4) is 11.1 Å². The van der Waals surface area contributed by atoms with Gasteiger partial charge in [0.1, 0.15) is 5.69 Å². The number of aliphatic carboxylic acids is 1. The summed E-state index contributed by atoms with van der Waals surface area (Å²) in [6.07, 6.45) is 1.42. The van der Waals surface area contributed by atoms with Gasteiger partial charge >= 0.3 is 12.1 Å². The maximum absolute atomic E-state index is 12.6. The lowest BCUT2D eigenvalue weighted by atomic mass is 9.95. The number of nitrogens with zero attached hydrogens (tertiary/aromatic N) is 3. The van der Waals surface area contributed by atoms with E-state index in [1.807, 2.05) is 18.2 Å². The Hall–Kier alpha value is -4.46. The molecule has 1 fully saturated rings. The van der Waals surface area contributed by atoms with Gasteiger partial charge in [0.25, 0.3) is 11.8 Å². The largest absolute Gasteiger partial charge is 0.490 e.